The summed E-state index contributed by atoms with van der Waals surface area (Å²) < 4.78 is 7.75. The number of rotatable bonds is 10. The van der Waals surface area contributed by atoms with Crippen LogP contribution in [0.15, 0.2) is 47.6 Å². The lowest BCUT2D eigenvalue weighted by molar-refractivity contribution is 0.301. The molecule has 0 aliphatic heterocycles. The summed E-state index contributed by atoms with van der Waals surface area (Å²) in [6.45, 7) is 4.24. The fraction of sp³-hybridized carbons (Fsp3) is 0.350. The van der Waals surface area contributed by atoms with Crippen molar-refractivity contribution in [2.75, 3.05) is 12.3 Å². The van der Waals surface area contributed by atoms with Crippen LogP contribution in [0.3, 0.4) is 0 Å². The molecule has 8 heteroatoms. The maximum Gasteiger partial charge on any atom is 0.209 e. The van der Waals surface area contributed by atoms with Crippen LogP contribution in [0.4, 0.5) is 0 Å². The van der Waals surface area contributed by atoms with Gasteiger partial charge in [0.05, 0.1) is 0 Å². The molecule has 6 nitrogen and oxygen atoms in total. The van der Waals surface area contributed by atoms with Crippen molar-refractivity contribution in [1.82, 2.24) is 25.5 Å². The topological polar surface area (TPSA) is 64.9 Å². The van der Waals surface area contributed by atoms with Gasteiger partial charge in [0.25, 0.3) is 0 Å². The van der Waals surface area contributed by atoms with Gasteiger partial charge in [-0.05, 0) is 59.6 Å². The van der Waals surface area contributed by atoms with Gasteiger partial charge in [0.1, 0.15) is 12.4 Å². The molecule has 0 saturated heterocycles. The van der Waals surface area contributed by atoms with Gasteiger partial charge in [-0.3, -0.25) is 0 Å². The molecule has 0 fully saturated rings. The molecule has 0 spiro atoms. The van der Waals surface area contributed by atoms with Crippen molar-refractivity contribution in [3.05, 3.63) is 64.2 Å². The Bertz CT molecular complexity index is 902. The number of nitrogens with one attached hydrogen (secondary N) is 1. The Balaban J connectivity index is 1.47. The SMILES string of the molecule is Cc1ccccc1COc1ccc(Cl)cc1CNCCCSc1nnnn1C. The van der Waals surface area contributed by atoms with Crippen molar-refractivity contribution in [3.8, 4) is 5.75 Å². The van der Waals surface area contributed by atoms with Gasteiger partial charge in [0.15, 0.2) is 0 Å². The summed E-state index contributed by atoms with van der Waals surface area (Å²) in [7, 11) is 1.85. The van der Waals surface area contributed by atoms with E-state index in [4.69, 9.17) is 16.3 Å². The van der Waals surface area contributed by atoms with Gasteiger partial charge in [0.2, 0.25) is 5.16 Å². The molecule has 1 aromatic heterocycles. The number of halogens is 1. The largest absolute Gasteiger partial charge is 0.489 e. The van der Waals surface area contributed by atoms with Gasteiger partial charge in [0, 0.05) is 29.9 Å². The van der Waals surface area contributed by atoms with Crippen molar-refractivity contribution in [2.45, 2.75) is 31.7 Å². The highest BCUT2D eigenvalue weighted by molar-refractivity contribution is 7.99. The van der Waals surface area contributed by atoms with E-state index in [0.29, 0.717) is 18.2 Å². The number of benzene rings is 2. The van der Waals surface area contributed by atoms with E-state index < -0.39 is 0 Å². The number of aryl methyl sites for hydroxylation is 2. The second kappa shape index (κ2) is 10.5. The second-order valence-electron chi connectivity index (χ2n) is 6.43. The lowest BCUT2D eigenvalue weighted by Gasteiger charge is -2.14. The van der Waals surface area contributed by atoms with Gasteiger partial charge in [-0.1, -0.05) is 47.6 Å². The molecule has 0 atom stereocenters. The van der Waals surface area contributed by atoms with Crippen molar-refractivity contribution in [1.29, 1.82) is 0 Å². The minimum atomic E-state index is 0.545. The van der Waals surface area contributed by atoms with Crippen LogP contribution in [0.2, 0.25) is 5.02 Å². The summed E-state index contributed by atoms with van der Waals surface area (Å²) in [4.78, 5) is 0. The Morgan fingerprint density at radius 2 is 2.04 bits per heavy atom. The monoisotopic (exact) mass is 417 g/mol. The summed E-state index contributed by atoms with van der Waals surface area (Å²) in [5.74, 6) is 1.81. The first-order chi connectivity index (χ1) is 13.6. The maximum absolute atomic E-state index is 6.19. The summed E-state index contributed by atoms with van der Waals surface area (Å²) in [5, 5.41) is 16.4. The van der Waals surface area contributed by atoms with Gasteiger partial charge < -0.3 is 10.1 Å². The molecule has 0 aliphatic carbocycles. The molecular formula is C20H24ClN5OS. The smallest absolute Gasteiger partial charge is 0.209 e. The highest BCUT2D eigenvalue weighted by Crippen LogP contribution is 2.24. The predicted octanol–water partition coefficient (Wildman–Crippen LogP) is 4.02. The number of hydrogen-bond donors (Lipinski definition) is 1. The molecule has 1 heterocycles. The van der Waals surface area contributed by atoms with E-state index in [1.807, 2.05) is 37.4 Å². The van der Waals surface area contributed by atoms with Crippen LogP contribution < -0.4 is 10.1 Å². The van der Waals surface area contributed by atoms with E-state index in [-0.39, 0.29) is 0 Å². The Labute approximate surface area is 174 Å². The second-order valence-corrected chi connectivity index (χ2v) is 7.93. The number of tetrazole rings is 1. The Kier molecular flexibility index (Phi) is 7.71. The van der Waals surface area contributed by atoms with Crippen LogP contribution in [0, 0.1) is 6.92 Å². The Morgan fingerprint density at radius 1 is 1.18 bits per heavy atom. The maximum atomic E-state index is 6.19. The van der Waals surface area contributed by atoms with Crippen LogP contribution in [-0.4, -0.2) is 32.5 Å². The van der Waals surface area contributed by atoms with Gasteiger partial charge in [-0.25, -0.2) is 4.68 Å². The number of ether oxygens (including phenoxy) is 1. The van der Waals surface area contributed by atoms with E-state index in [0.717, 1.165) is 35.2 Å². The van der Waals surface area contributed by atoms with Crippen molar-refractivity contribution in [2.24, 2.45) is 7.05 Å². The number of nitrogens with zero attached hydrogens (tertiary/aromatic N) is 4. The quantitative estimate of drug-likeness (QED) is 0.397. The van der Waals surface area contributed by atoms with E-state index in [9.17, 15) is 0 Å². The molecule has 0 unspecified atom stereocenters. The summed E-state index contributed by atoms with van der Waals surface area (Å²) >= 11 is 7.84. The summed E-state index contributed by atoms with van der Waals surface area (Å²) in [6.07, 6.45) is 1.01. The molecule has 0 amide bonds. The van der Waals surface area contributed by atoms with Gasteiger partial charge in [-0.2, -0.15) is 0 Å². The number of thioether (sulfide) groups is 1. The van der Waals surface area contributed by atoms with Crippen molar-refractivity contribution >= 4 is 23.4 Å². The molecule has 2 aromatic carbocycles. The molecule has 0 aliphatic rings. The Morgan fingerprint density at radius 3 is 2.82 bits per heavy atom. The first kappa shape index (κ1) is 20.6. The zero-order valence-corrected chi connectivity index (χ0v) is 17.6. The zero-order chi connectivity index (χ0) is 19.8. The number of aromatic nitrogens is 4. The van der Waals surface area contributed by atoms with Crippen LogP contribution in [0.5, 0.6) is 5.75 Å². The summed E-state index contributed by atoms with van der Waals surface area (Å²) in [6, 6.07) is 14.0. The predicted molar refractivity (Wildman–Crippen MR) is 113 cm³/mol. The van der Waals surface area contributed by atoms with Crippen LogP contribution in [-0.2, 0) is 20.2 Å². The van der Waals surface area contributed by atoms with Gasteiger partial charge in [-0.15, -0.1) is 5.10 Å². The fourth-order valence-electron chi connectivity index (χ4n) is 2.68. The van der Waals surface area contributed by atoms with Crippen molar-refractivity contribution in [3.63, 3.8) is 0 Å². The highest BCUT2D eigenvalue weighted by Gasteiger charge is 2.07. The Hall–Kier alpha value is -2.09. The van der Waals surface area contributed by atoms with Crippen molar-refractivity contribution < 1.29 is 4.74 Å². The van der Waals surface area contributed by atoms with Gasteiger partial charge >= 0.3 is 0 Å². The average Bonchev–Trinajstić information content (AvgIpc) is 3.10. The molecule has 3 rings (SSSR count). The minimum absolute atomic E-state index is 0.545. The van der Waals surface area contributed by atoms with E-state index >= 15 is 0 Å². The fourth-order valence-corrected chi connectivity index (χ4v) is 3.67. The normalized spacial score (nSPS) is 11.0. The third-order valence-electron chi connectivity index (χ3n) is 4.29. The first-order valence-electron chi connectivity index (χ1n) is 9.15. The molecule has 0 radical (unpaired) electrons. The van der Waals surface area contributed by atoms with E-state index in [1.54, 1.807) is 16.4 Å². The van der Waals surface area contributed by atoms with E-state index in [2.05, 4.69) is 39.9 Å². The average molecular weight is 418 g/mol. The van der Waals surface area contributed by atoms with E-state index in [1.165, 1.54) is 11.1 Å². The lowest BCUT2D eigenvalue weighted by Crippen LogP contribution is -2.16. The first-order valence-corrected chi connectivity index (χ1v) is 10.5. The molecule has 148 valence electrons. The molecule has 28 heavy (non-hydrogen) atoms. The molecular weight excluding hydrogens is 394 g/mol. The van der Waals surface area contributed by atoms with Crippen LogP contribution in [0.25, 0.3) is 0 Å². The molecule has 0 bridgehead atoms. The third kappa shape index (κ3) is 5.95. The molecule has 3 aromatic rings. The molecule has 0 saturated carbocycles. The standard InChI is InChI=1S/C20H24ClN5OS/c1-15-6-3-4-7-16(15)14-27-19-9-8-18(21)12-17(19)13-22-10-5-11-28-20-23-24-25-26(20)2/h3-4,6-9,12,22H,5,10-11,13-14H2,1-2H3. The lowest BCUT2D eigenvalue weighted by atomic mass is 10.1. The minimum Gasteiger partial charge on any atom is -0.489 e. The number of hydrogen-bond acceptors (Lipinski definition) is 6. The zero-order valence-electron chi connectivity index (χ0n) is 16.1. The molecule has 1 N–H and O–H groups in total. The van der Waals surface area contributed by atoms with Crippen LogP contribution in [0.1, 0.15) is 23.1 Å². The summed E-state index contributed by atoms with van der Waals surface area (Å²) in [5.41, 5.74) is 3.48. The van der Waals surface area contributed by atoms with Crippen LogP contribution >= 0.6 is 23.4 Å². The third-order valence-corrected chi connectivity index (χ3v) is 5.62. The highest BCUT2D eigenvalue weighted by atomic mass is 35.5.